The maximum atomic E-state index is 13.2. The second-order valence-corrected chi connectivity index (χ2v) is 9.94. The third-order valence-electron chi connectivity index (χ3n) is 7.76. The van der Waals surface area contributed by atoms with Gasteiger partial charge in [0.2, 0.25) is 0 Å². The number of non-ortho nitro benzene ring substituents is 2. The lowest BCUT2D eigenvalue weighted by Crippen LogP contribution is -2.42. The number of fused-ring (bicyclic) bond motifs is 2. The number of nitro benzene ring substituents is 2. The van der Waals surface area contributed by atoms with Crippen molar-refractivity contribution in [2.75, 3.05) is 6.61 Å². The summed E-state index contributed by atoms with van der Waals surface area (Å²) in [6, 6.07) is 12.4. The zero-order chi connectivity index (χ0) is 25.4. The first-order valence-corrected chi connectivity index (χ1v) is 11.5. The van der Waals surface area contributed by atoms with Crippen molar-refractivity contribution >= 4 is 17.3 Å². The largest absolute Gasteiger partial charge is 0.455 e. The summed E-state index contributed by atoms with van der Waals surface area (Å²) >= 11 is 0. The number of ether oxygens (including phenoxy) is 2. The Balaban J connectivity index is 1.62. The van der Waals surface area contributed by atoms with Crippen molar-refractivity contribution in [3.05, 3.63) is 92.0 Å². The van der Waals surface area contributed by atoms with Crippen LogP contribution in [-0.2, 0) is 16.1 Å². The van der Waals surface area contributed by atoms with Crippen LogP contribution in [0.15, 0.2) is 60.7 Å². The van der Waals surface area contributed by atoms with E-state index < -0.39 is 38.7 Å². The summed E-state index contributed by atoms with van der Waals surface area (Å²) in [6.07, 6.45) is 1.89. The number of carbonyl (C=O) groups excluding carboxylic acids is 1. The molecule has 2 aromatic rings. The molecule has 4 rings (SSSR count). The van der Waals surface area contributed by atoms with Gasteiger partial charge in [-0.3, -0.25) is 20.2 Å². The fraction of sp³-hybridized carbons (Fsp3) is 0.423. The quantitative estimate of drug-likeness (QED) is 0.197. The van der Waals surface area contributed by atoms with Gasteiger partial charge in [0.25, 0.3) is 11.4 Å². The zero-order valence-corrected chi connectivity index (χ0v) is 19.8. The van der Waals surface area contributed by atoms with Crippen LogP contribution in [0.2, 0.25) is 0 Å². The molecule has 2 aromatic carbocycles. The van der Waals surface area contributed by atoms with Crippen LogP contribution in [0.25, 0.3) is 0 Å². The number of hydrogen-bond acceptors (Lipinski definition) is 7. The van der Waals surface area contributed by atoms with Gasteiger partial charge in [-0.25, -0.2) is 4.79 Å². The van der Waals surface area contributed by atoms with Crippen LogP contribution < -0.4 is 0 Å². The van der Waals surface area contributed by atoms with Gasteiger partial charge in [-0.1, -0.05) is 56.3 Å². The van der Waals surface area contributed by atoms with E-state index in [0.29, 0.717) is 12.5 Å². The first kappa shape index (κ1) is 24.5. The van der Waals surface area contributed by atoms with Crippen molar-refractivity contribution in [1.29, 1.82) is 0 Å². The molecule has 2 aliphatic rings. The normalized spacial score (nSPS) is 23.1. The molecule has 3 atom stereocenters. The molecule has 2 aliphatic carbocycles. The Morgan fingerprint density at radius 3 is 2.29 bits per heavy atom. The molecular weight excluding hydrogens is 452 g/mol. The van der Waals surface area contributed by atoms with E-state index in [4.69, 9.17) is 9.47 Å². The van der Waals surface area contributed by atoms with Gasteiger partial charge in [0.15, 0.2) is 0 Å². The Kier molecular flexibility index (Phi) is 6.46. The number of hydrogen-bond donors (Lipinski definition) is 0. The van der Waals surface area contributed by atoms with Crippen LogP contribution in [-0.4, -0.2) is 28.5 Å². The summed E-state index contributed by atoms with van der Waals surface area (Å²) < 4.78 is 11.9. The maximum absolute atomic E-state index is 13.2. The summed E-state index contributed by atoms with van der Waals surface area (Å²) in [5.74, 6) is -0.454. The smallest absolute Gasteiger partial charge is 0.339 e. The van der Waals surface area contributed by atoms with E-state index in [-0.39, 0.29) is 17.6 Å². The summed E-state index contributed by atoms with van der Waals surface area (Å²) in [6.45, 7) is 9.11. The molecule has 184 valence electrons. The van der Waals surface area contributed by atoms with Gasteiger partial charge in [0.1, 0.15) is 6.10 Å². The molecule has 0 saturated heterocycles. The van der Waals surface area contributed by atoms with Crippen molar-refractivity contribution in [3.63, 3.8) is 0 Å². The van der Waals surface area contributed by atoms with E-state index in [1.165, 1.54) is 0 Å². The minimum atomic E-state index is -0.861. The van der Waals surface area contributed by atoms with Gasteiger partial charge >= 0.3 is 5.97 Å². The lowest BCUT2D eigenvalue weighted by molar-refractivity contribution is -0.394. The maximum Gasteiger partial charge on any atom is 0.339 e. The molecule has 9 heteroatoms. The van der Waals surface area contributed by atoms with Crippen molar-refractivity contribution in [3.8, 4) is 0 Å². The Labute approximate surface area is 203 Å². The molecule has 0 spiro atoms. The lowest BCUT2D eigenvalue weighted by Gasteiger charge is -2.42. The van der Waals surface area contributed by atoms with Crippen LogP contribution in [0.1, 0.15) is 49.0 Å². The Bertz CT molecular complexity index is 1150. The molecule has 9 nitrogen and oxygen atoms in total. The lowest BCUT2D eigenvalue weighted by atomic mass is 9.66. The second kappa shape index (κ2) is 9.22. The predicted molar refractivity (Wildman–Crippen MR) is 128 cm³/mol. The van der Waals surface area contributed by atoms with E-state index in [1.807, 2.05) is 30.3 Å². The van der Waals surface area contributed by atoms with Gasteiger partial charge in [-0.15, -0.1) is 0 Å². The van der Waals surface area contributed by atoms with Crippen LogP contribution in [0, 0.1) is 37.0 Å². The molecular formula is C26H28N2O7. The van der Waals surface area contributed by atoms with Crippen LogP contribution in [0.4, 0.5) is 11.4 Å². The van der Waals surface area contributed by atoms with E-state index >= 15 is 0 Å². The van der Waals surface area contributed by atoms with E-state index in [0.717, 1.165) is 48.6 Å². The highest BCUT2D eigenvalue weighted by molar-refractivity contribution is 5.91. The van der Waals surface area contributed by atoms with Crippen LogP contribution >= 0.6 is 0 Å². The van der Waals surface area contributed by atoms with Crippen LogP contribution in [0.3, 0.4) is 0 Å². The number of benzene rings is 2. The Hall–Kier alpha value is -3.59. The standard InChI is InChI=1S/C26H28N2O7/c1-17-25(2,3)20-9-10-26(17,14-20)23(16-34-15-18-7-5-4-6-8-18)35-24(29)19-11-21(27(30)31)13-22(12-19)28(32)33/h4-8,11-13,20,23H,1,9-10,14-16H2,2-3H3/t20-,23+,26-/m1/s1. The highest BCUT2D eigenvalue weighted by atomic mass is 16.6. The SMILES string of the molecule is C=C1C(C)(C)[C@@H]2CC[C@@]1([C@H](COCc1ccccc1)OC(=O)c1cc([N+](=O)[O-])cc([N+](=O)[O-])c1)C2. The molecule has 0 unspecified atom stereocenters. The second-order valence-electron chi connectivity index (χ2n) is 9.94. The third-order valence-corrected chi connectivity index (χ3v) is 7.76. The molecule has 0 N–H and O–H groups in total. The number of nitro groups is 2. The molecule has 0 amide bonds. The van der Waals surface area contributed by atoms with E-state index in [2.05, 4.69) is 20.4 Å². The molecule has 2 fully saturated rings. The summed E-state index contributed by atoms with van der Waals surface area (Å²) in [4.78, 5) is 34.2. The minimum Gasteiger partial charge on any atom is -0.455 e. The molecule has 2 saturated carbocycles. The van der Waals surface area contributed by atoms with Crippen molar-refractivity contribution in [2.24, 2.45) is 16.7 Å². The number of carbonyl (C=O) groups is 1. The molecule has 0 heterocycles. The Morgan fingerprint density at radius 1 is 1.11 bits per heavy atom. The first-order chi connectivity index (χ1) is 16.5. The number of rotatable bonds is 9. The Morgan fingerprint density at radius 2 is 1.74 bits per heavy atom. The molecule has 0 radical (unpaired) electrons. The predicted octanol–water partition coefficient (Wildman–Crippen LogP) is 5.63. The highest BCUT2D eigenvalue weighted by Crippen LogP contribution is 2.67. The minimum absolute atomic E-state index is 0.111. The number of esters is 1. The van der Waals surface area contributed by atoms with Crippen LogP contribution in [0.5, 0.6) is 0 Å². The van der Waals surface area contributed by atoms with Gasteiger partial charge in [0.05, 0.1) is 34.7 Å². The topological polar surface area (TPSA) is 122 Å². The first-order valence-electron chi connectivity index (χ1n) is 11.5. The molecule has 0 aliphatic heterocycles. The van der Waals surface area contributed by atoms with Gasteiger partial charge < -0.3 is 9.47 Å². The van der Waals surface area contributed by atoms with E-state index in [1.54, 1.807) is 0 Å². The fourth-order valence-corrected chi connectivity index (χ4v) is 5.63. The van der Waals surface area contributed by atoms with Crippen molar-refractivity contribution in [1.82, 2.24) is 0 Å². The molecule has 35 heavy (non-hydrogen) atoms. The van der Waals surface area contributed by atoms with Gasteiger partial charge in [-0.05, 0) is 36.2 Å². The molecule has 2 bridgehead atoms. The van der Waals surface area contributed by atoms with E-state index in [9.17, 15) is 25.0 Å². The monoisotopic (exact) mass is 480 g/mol. The summed E-state index contributed by atoms with van der Waals surface area (Å²) in [5.41, 5.74) is 0.0429. The fourth-order valence-electron chi connectivity index (χ4n) is 5.63. The average molecular weight is 481 g/mol. The van der Waals surface area contributed by atoms with Crippen molar-refractivity contribution in [2.45, 2.75) is 45.8 Å². The summed E-state index contributed by atoms with van der Waals surface area (Å²) in [5, 5.41) is 22.5. The summed E-state index contributed by atoms with van der Waals surface area (Å²) in [7, 11) is 0. The third kappa shape index (κ3) is 4.55. The number of nitrogens with zero attached hydrogens (tertiary/aromatic N) is 2. The van der Waals surface area contributed by atoms with Gasteiger partial charge in [-0.2, -0.15) is 0 Å². The zero-order valence-electron chi connectivity index (χ0n) is 19.8. The highest BCUT2D eigenvalue weighted by Gasteiger charge is 2.61. The van der Waals surface area contributed by atoms with Gasteiger partial charge in [0, 0.05) is 17.5 Å². The molecule has 0 aromatic heterocycles. The van der Waals surface area contributed by atoms with Crippen molar-refractivity contribution < 1.29 is 24.1 Å². The average Bonchev–Trinajstić information content (AvgIpc) is 3.36.